The number of carbonyl (C=O) groups is 1. The van der Waals surface area contributed by atoms with E-state index in [-0.39, 0.29) is 11.4 Å². The number of methoxy groups -OCH3 is 1. The number of amides is 1. The van der Waals surface area contributed by atoms with E-state index in [0.29, 0.717) is 44.3 Å². The molecule has 1 saturated heterocycles. The second kappa shape index (κ2) is 6.80. The number of rotatable bonds is 5. The average molecular weight is 293 g/mol. The molecule has 0 unspecified atom stereocenters. The summed E-state index contributed by atoms with van der Waals surface area (Å²) in [6, 6.07) is 7.43. The average Bonchev–Trinajstić information content (AvgIpc) is 2.47. The second-order valence-corrected chi connectivity index (χ2v) is 5.66. The minimum absolute atomic E-state index is 0.0956. The smallest absolute Gasteiger partial charge is 0.226 e. The van der Waals surface area contributed by atoms with Gasteiger partial charge in [-0.25, -0.2) is 0 Å². The Labute approximate surface area is 125 Å². The molecule has 0 radical (unpaired) electrons. The van der Waals surface area contributed by atoms with Crippen LogP contribution in [-0.2, 0) is 9.53 Å². The third-order valence-corrected chi connectivity index (χ3v) is 3.59. The third-order valence-electron chi connectivity index (χ3n) is 3.59. The monoisotopic (exact) mass is 293 g/mol. The Morgan fingerprint density at radius 3 is 2.71 bits per heavy atom. The minimum atomic E-state index is -0.250. The van der Waals surface area contributed by atoms with Gasteiger partial charge in [-0.1, -0.05) is 12.1 Å². The van der Waals surface area contributed by atoms with Crippen molar-refractivity contribution in [1.82, 2.24) is 4.90 Å². The van der Waals surface area contributed by atoms with Gasteiger partial charge in [0, 0.05) is 6.54 Å². The summed E-state index contributed by atoms with van der Waals surface area (Å²) in [6.45, 7) is 6.19. The van der Waals surface area contributed by atoms with Crippen molar-refractivity contribution in [3.8, 4) is 11.5 Å². The molecule has 21 heavy (non-hydrogen) atoms. The Balaban J connectivity index is 1.87. The van der Waals surface area contributed by atoms with E-state index in [9.17, 15) is 4.79 Å². The molecule has 1 aromatic carbocycles. The number of ether oxygens (including phenoxy) is 3. The molecule has 1 amide bonds. The third kappa shape index (κ3) is 3.88. The van der Waals surface area contributed by atoms with Crippen molar-refractivity contribution in [3.63, 3.8) is 0 Å². The van der Waals surface area contributed by atoms with Gasteiger partial charge in [0.15, 0.2) is 11.5 Å². The predicted octanol–water partition coefficient (Wildman–Crippen LogP) is 2.10. The Kier molecular flexibility index (Phi) is 5.07. The molecule has 5 nitrogen and oxygen atoms in total. The Bertz CT molecular complexity index is 487. The van der Waals surface area contributed by atoms with E-state index in [1.807, 2.05) is 43.0 Å². The van der Waals surface area contributed by atoms with Gasteiger partial charge in [-0.3, -0.25) is 4.79 Å². The lowest BCUT2D eigenvalue weighted by Gasteiger charge is -2.42. The molecule has 1 aromatic rings. The van der Waals surface area contributed by atoms with Crippen molar-refractivity contribution < 1.29 is 19.0 Å². The van der Waals surface area contributed by atoms with Crippen LogP contribution in [0.5, 0.6) is 11.5 Å². The van der Waals surface area contributed by atoms with Gasteiger partial charge in [-0.15, -0.1) is 0 Å². The molecular weight excluding hydrogens is 270 g/mol. The Morgan fingerprint density at radius 2 is 2.05 bits per heavy atom. The Hall–Kier alpha value is -1.75. The fraction of sp³-hybridized carbons (Fsp3) is 0.562. The van der Waals surface area contributed by atoms with E-state index in [0.717, 1.165) is 0 Å². The van der Waals surface area contributed by atoms with Gasteiger partial charge < -0.3 is 19.1 Å². The number of carbonyl (C=O) groups excluding carboxylic acids is 1. The van der Waals surface area contributed by atoms with Crippen LogP contribution in [0.2, 0.25) is 0 Å². The van der Waals surface area contributed by atoms with Gasteiger partial charge in [-0.2, -0.15) is 0 Å². The molecule has 1 aliphatic rings. The second-order valence-electron chi connectivity index (χ2n) is 5.66. The van der Waals surface area contributed by atoms with E-state index in [4.69, 9.17) is 14.2 Å². The highest BCUT2D eigenvalue weighted by atomic mass is 16.5. The first-order chi connectivity index (χ1) is 10.0. The molecule has 0 bridgehead atoms. The summed E-state index contributed by atoms with van der Waals surface area (Å²) in [5.74, 6) is 1.43. The lowest BCUT2D eigenvalue weighted by Crippen LogP contribution is -2.55. The number of hydrogen-bond donors (Lipinski definition) is 0. The van der Waals surface area contributed by atoms with Crippen molar-refractivity contribution in [2.45, 2.75) is 25.8 Å². The first kappa shape index (κ1) is 15.6. The van der Waals surface area contributed by atoms with Crippen LogP contribution in [0.4, 0.5) is 0 Å². The van der Waals surface area contributed by atoms with E-state index in [1.54, 1.807) is 7.11 Å². The minimum Gasteiger partial charge on any atom is -0.493 e. The molecule has 1 fully saturated rings. The lowest BCUT2D eigenvalue weighted by atomic mass is 10.0. The number of hydrogen-bond acceptors (Lipinski definition) is 4. The molecule has 2 rings (SSSR count). The maximum Gasteiger partial charge on any atom is 0.226 e. The quantitative estimate of drug-likeness (QED) is 0.834. The Morgan fingerprint density at radius 1 is 1.33 bits per heavy atom. The molecular formula is C16H23NO4. The molecule has 1 aliphatic heterocycles. The van der Waals surface area contributed by atoms with Gasteiger partial charge in [0.2, 0.25) is 5.91 Å². The zero-order chi connectivity index (χ0) is 15.3. The highest BCUT2D eigenvalue weighted by Crippen LogP contribution is 2.26. The van der Waals surface area contributed by atoms with Crippen LogP contribution in [-0.4, -0.2) is 49.8 Å². The van der Waals surface area contributed by atoms with E-state index >= 15 is 0 Å². The van der Waals surface area contributed by atoms with Gasteiger partial charge in [0.25, 0.3) is 0 Å². The van der Waals surface area contributed by atoms with Crippen LogP contribution in [0, 0.1) is 0 Å². The lowest BCUT2D eigenvalue weighted by molar-refractivity contribution is -0.146. The maximum absolute atomic E-state index is 12.3. The summed E-state index contributed by atoms with van der Waals surface area (Å²) in [5, 5.41) is 0. The van der Waals surface area contributed by atoms with Crippen molar-refractivity contribution >= 4 is 5.91 Å². The summed E-state index contributed by atoms with van der Waals surface area (Å²) < 4.78 is 16.3. The van der Waals surface area contributed by atoms with Gasteiger partial charge in [-0.05, 0) is 26.0 Å². The van der Waals surface area contributed by atoms with Crippen LogP contribution in [0.25, 0.3) is 0 Å². The molecule has 5 heteroatoms. The molecule has 0 aromatic heterocycles. The first-order valence-corrected chi connectivity index (χ1v) is 7.18. The van der Waals surface area contributed by atoms with Gasteiger partial charge in [0.1, 0.15) is 0 Å². The number of nitrogens with zero attached hydrogens (tertiary/aromatic N) is 1. The van der Waals surface area contributed by atoms with Crippen LogP contribution in [0.3, 0.4) is 0 Å². The number of morpholine rings is 1. The normalized spacial score (nSPS) is 17.4. The van der Waals surface area contributed by atoms with Crippen molar-refractivity contribution in [1.29, 1.82) is 0 Å². The maximum atomic E-state index is 12.3. The zero-order valence-electron chi connectivity index (χ0n) is 12.9. The number of benzene rings is 1. The van der Waals surface area contributed by atoms with Crippen LogP contribution in [0.1, 0.15) is 20.3 Å². The van der Waals surface area contributed by atoms with E-state index < -0.39 is 0 Å². The van der Waals surface area contributed by atoms with Crippen molar-refractivity contribution in [2.24, 2.45) is 0 Å². The summed E-state index contributed by atoms with van der Waals surface area (Å²) in [5.41, 5.74) is -0.250. The summed E-state index contributed by atoms with van der Waals surface area (Å²) in [4.78, 5) is 14.2. The van der Waals surface area contributed by atoms with E-state index in [1.165, 1.54) is 0 Å². The number of para-hydroxylation sites is 2. The molecule has 116 valence electrons. The van der Waals surface area contributed by atoms with Crippen molar-refractivity contribution in [3.05, 3.63) is 24.3 Å². The fourth-order valence-corrected chi connectivity index (χ4v) is 2.44. The van der Waals surface area contributed by atoms with Crippen LogP contribution >= 0.6 is 0 Å². The highest BCUT2D eigenvalue weighted by molar-refractivity contribution is 5.77. The standard InChI is InChI=1S/C16H23NO4/c1-16(2)12-20-11-9-17(16)15(18)8-10-21-14-7-5-4-6-13(14)19-3/h4-7H,8-12H2,1-3H3. The van der Waals surface area contributed by atoms with E-state index in [2.05, 4.69) is 0 Å². The van der Waals surface area contributed by atoms with Gasteiger partial charge >= 0.3 is 0 Å². The van der Waals surface area contributed by atoms with Crippen LogP contribution < -0.4 is 9.47 Å². The summed E-state index contributed by atoms with van der Waals surface area (Å²) >= 11 is 0. The van der Waals surface area contributed by atoms with Gasteiger partial charge in [0.05, 0.1) is 38.9 Å². The summed E-state index contributed by atoms with van der Waals surface area (Å²) in [7, 11) is 1.60. The fourth-order valence-electron chi connectivity index (χ4n) is 2.44. The molecule has 0 N–H and O–H groups in total. The first-order valence-electron chi connectivity index (χ1n) is 7.18. The molecule has 1 heterocycles. The molecule has 0 atom stereocenters. The predicted molar refractivity (Wildman–Crippen MR) is 79.7 cm³/mol. The summed E-state index contributed by atoms with van der Waals surface area (Å²) in [6.07, 6.45) is 0.349. The molecule has 0 spiro atoms. The van der Waals surface area contributed by atoms with Crippen molar-refractivity contribution in [2.75, 3.05) is 33.5 Å². The highest BCUT2D eigenvalue weighted by Gasteiger charge is 2.33. The largest absolute Gasteiger partial charge is 0.493 e. The zero-order valence-corrected chi connectivity index (χ0v) is 12.9. The topological polar surface area (TPSA) is 48.0 Å². The van der Waals surface area contributed by atoms with Crippen LogP contribution in [0.15, 0.2) is 24.3 Å². The molecule has 0 aliphatic carbocycles. The molecule has 0 saturated carbocycles. The SMILES string of the molecule is COc1ccccc1OCCC(=O)N1CCOCC1(C)C.